The Morgan fingerprint density at radius 1 is 1.25 bits per heavy atom. The molecule has 2 unspecified atom stereocenters. The molecule has 0 saturated carbocycles. The molecule has 1 aliphatic rings. The second-order valence-corrected chi connectivity index (χ2v) is 6.27. The second-order valence-electron chi connectivity index (χ2n) is 2.94. The maximum atomic E-state index is 2.40. The van der Waals surface area contributed by atoms with E-state index in [0.717, 1.165) is 14.0 Å². The second kappa shape index (κ2) is 4.17. The summed E-state index contributed by atoms with van der Waals surface area (Å²) in [4.78, 5) is 0. The fraction of sp³-hybridized carbons (Fsp3) is 0.300. The molecule has 1 aromatic rings. The van der Waals surface area contributed by atoms with Crippen molar-refractivity contribution in [3.8, 4) is 0 Å². The molecule has 1 aliphatic heterocycles. The zero-order valence-electron chi connectivity index (χ0n) is 6.90. The van der Waals surface area contributed by atoms with Crippen molar-refractivity contribution >= 4 is 27.9 Å². The van der Waals surface area contributed by atoms with Gasteiger partial charge in [-0.15, -0.1) is 8.20 Å². The predicted octanol–water partition coefficient (Wildman–Crippen LogP) is 2.86. The summed E-state index contributed by atoms with van der Waals surface area (Å²) < 4.78 is 0. The molecule has 2 rings (SSSR count). The largest absolute Gasteiger partial charge is 0.101 e. The molecule has 0 aliphatic carbocycles. The Morgan fingerprint density at radius 3 is 2.75 bits per heavy atom. The van der Waals surface area contributed by atoms with E-state index in [1.54, 1.807) is 8.20 Å². The predicted molar refractivity (Wildman–Crippen MR) is 60.4 cm³/mol. The molecule has 0 N–H and O–H groups in total. The molecule has 1 aromatic carbocycles. The summed E-state index contributed by atoms with van der Waals surface area (Å²) in [5.41, 5.74) is 0. The minimum atomic E-state index is 0.924. The zero-order valence-corrected chi connectivity index (χ0v) is 8.80. The molecule has 0 amide bonds. The Morgan fingerprint density at radius 2 is 2.08 bits per heavy atom. The van der Waals surface area contributed by atoms with Gasteiger partial charge in [0.05, 0.1) is 0 Å². The van der Waals surface area contributed by atoms with Gasteiger partial charge in [0.2, 0.25) is 0 Å². The Balaban J connectivity index is 1.99. The van der Waals surface area contributed by atoms with Crippen LogP contribution in [0, 0.1) is 0 Å². The van der Waals surface area contributed by atoms with Gasteiger partial charge in [0.15, 0.2) is 0 Å². The number of rotatable bonds is 2. The van der Waals surface area contributed by atoms with E-state index in [2.05, 4.69) is 36.1 Å². The van der Waals surface area contributed by atoms with E-state index in [9.17, 15) is 0 Å². The molecule has 62 valence electrons. The minimum absolute atomic E-state index is 0.924. The van der Waals surface area contributed by atoms with E-state index in [4.69, 9.17) is 0 Å². The molecule has 0 aromatic heterocycles. The van der Waals surface area contributed by atoms with Crippen LogP contribution in [0.15, 0.2) is 30.3 Å². The van der Waals surface area contributed by atoms with E-state index in [0.29, 0.717) is 0 Å². The van der Waals surface area contributed by atoms with Gasteiger partial charge in [-0.25, -0.2) is 0 Å². The first-order valence-corrected chi connectivity index (χ1v) is 6.39. The van der Waals surface area contributed by atoms with Crippen LogP contribution in [0.1, 0.15) is 12.8 Å². The zero-order chi connectivity index (χ0) is 8.23. The molecule has 0 fully saturated rings. The maximum Gasteiger partial charge on any atom is 0.0223 e. The van der Waals surface area contributed by atoms with Crippen LogP contribution >= 0.6 is 16.8 Å². The van der Waals surface area contributed by atoms with Crippen LogP contribution in [-0.2, 0) is 0 Å². The van der Waals surface area contributed by atoms with Crippen molar-refractivity contribution < 1.29 is 0 Å². The summed E-state index contributed by atoms with van der Waals surface area (Å²) in [7, 11) is 2.58. The standard InChI is InChI=1S/C10H12P2/c1-2-5-9(6-3-1)12-10-7-4-8-11-10/h1-3,5-6,8,10,12H,4,7H2. The quantitative estimate of drug-likeness (QED) is 0.635. The Hall–Kier alpha value is -0.180. The highest BCUT2D eigenvalue weighted by Gasteiger charge is 2.09. The van der Waals surface area contributed by atoms with Crippen LogP contribution < -0.4 is 5.30 Å². The van der Waals surface area contributed by atoms with E-state index in [1.165, 1.54) is 18.1 Å². The summed E-state index contributed by atoms with van der Waals surface area (Å²) in [5.74, 6) is 2.40. The third kappa shape index (κ3) is 2.16. The normalized spacial score (nSPS) is 23.8. The summed E-state index contributed by atoms with van der Waals surface area (Å²) >= 11 is 0. The molecule has 12 heavy (non-hydrogen) atoms. The van der Waals surface area contributed by atoms with Crippen molar-refractivity contribution in [3.05, 3.63) is 30.3 Å². The van der Waals surface area contributed by atoms with Crippen LogP contribution in [0.4, 0.5) is 0 Å². The Kier molecular flexibility index (Phi) is 2.93. The van der Waals surface area contributed by atoms with Gasteiger partial charge < -0.3 is 0 Å². The smallest absolute Gasteiger partial charge is 0.0223 e. The summed E-state index contributed by atoms with van der Waals surface area (Å²) in [6.07, 6.45) is 2.72. The van der Waals surface area contributed by atoms with E-state index < -0.39 is 0 Å². The van der Waals surface area contributed by atoms with Crippen molar-refractivity contribution in [1.29, 1.82) is 0 Å². The lowest BCUT2D eigenvalue weighted by Crippen LogP contribution is -1.97. The van der Waals surface area contributed by atoms with E-state index in [1.807, 2.05) is 0 Å². The van der Waals surface area contributed by atoms with Gasteiger partial charge in [-0.3, -0.25) is 0 Å². The van der Waals surface area contributed by atoms with Crippen molar-refractivity contribution in [1.82, 2.24) is 0 Å². The van der Waals surface area contributed by atoms with Crippen molar-refractivity contribution in [2.75, 3.05) is 0 Å². The lowest BCUT2D eigenvalue weighted by molar-refractivity contribution is 1.01. The summed E-state index contributed by atoms with van der Waals surface area (Å²) in [6, 6.07) is 10.8. The molecule has 0 saturated heterocycles. The van der Waals surface area contributed by atoms with Crippen LogP contribution in [0.25, 0.3) is 0 Å². The van der Waals surface area contributed by atoms with Gasteiger partial charge >= 0.3 is 0 Å². The third-order valence-electron chi connectivity index (χ3n) is 1.96. The average Bonchev–Trinajstić information content (AvgIpc) is 2.59. The monoisotopic (exact) mass is 194 g/mol. The molecule has 0 spiro atoms. The van der Waals surface area contributed by atoms with Crippen molar-refractivity contribution in [2.24, 2.45) is 0 Å². The SMILES string of the molecule is C1=PC(Pc2ccccc2)CC1. The first-order chi connectivity index (χ1) is 5.95. The topological polar surface area (TPSA) is 0 Å². The highest BCUT2D eigenvalue weighted by atomic mass is 31.1. The van der Waals surface area contributed by atoms with Gasteiger partial charge in [0.25, 0.3) is 0 Å². The first kappa shape index (κ1) is 8.42. The third-order valence-corrected chi connectivity index (χ3v) is 5.17. The summed E-state index contributed by atoms with van der Waals surface area (Å²) in [5, 5.41) is 2.44. The van der Waals surface area contributed by atoms with E-state index >= 15 is 0 Å². The summed E-state index contributed by atoms with van der Waals surface area (Å²) in [6.45, 7) is 0. The van der Waals surface area contributed by atoms with Crippen LogP contribution in [-0.4, -0.2) is 11.2 Å². The molecular formula is C10H12P2. The molecule has 2 atom stereocenters. The molecule has 2 heteroatoms. The van der Waals surface area contributed by atoms with Gasteiger partial charge in [-0.2, -0.15) is 0 Å². The minimum Gasteiger partial charge on any atom is -0.101 e. The fourth-order valence-corrected chi connectivity index (χ4v) is 4.34. The fourth-order valence-electron chi connectivity index (χ4n) is 1.34. The van der Waals surface area contributed by atoms with Crippen LogP contribution in [0.2, 0.25) is 0 Å². The van der Waals surface area contributed by atoms with Gasteiger partial charge in [0, 0.05) is 5.40 Å². The van der Waals surface area contributed by atoms with Gasteiger partial charge in [-0.1, -0.05) is 44.7 Å². The number of hydrogen-bond acceptors (Lipinski definition) is 0. The van der Waals surface area contributed by atoms with Crippen molar-refractivity contribution in [2.45, 2.75) is 18.2 Å². The molecule has 0 nitrogen and oxygen atoms in total. The van der Waals surface area contributed by atoms with E-state index in [-0.39, 0.29) is 0 Å². The Labute approximate surface area is 77.0 Å². The van der Waals surface area contributed by atoms with Crippen LogP contribution in [0.3, 0.4) is 0 Å². The molecule has 0 bridgehead atoms. The molecule has 1 heterocycles. The number of hydrogen-bond donors (Lipinski definition) is 0. The molecular weight excluding hydrogens is 182 g/mol. The lowest BCUT2D eigenvalue weighted by atomic mass is 10.4. The lowest BCUT2D eigenvalue weighted by Gasteiger charge is -2.05. The highest BCUT2D eigenvalue weighted by Crippen LogP contribution is 2.35. The number of benzene rings is 1. The van der Waals surface area contributed by atoms with Gasteiger partial charge in [0.1, 0.15) is 0 Å². The average molecular weight is 194 g/mol. The highest BCUT2D eigenvalue weighted by molar-refractivity contribution is 7.62. The molecule has 0 radical (unpaired) electrons. The maximum absolute atomic E-state index is 2.40. The van der Waals surface area contributed by atoms with Crippen LogP contribution in [0.5, 0.6) is 0 Å². The van der Waals surface area contributed by atoms with Gasteiger partial charge in [-0.05, 0) is 18.1 Å². The van der Waals surface area contributed by atoms with Crippen molar-refractivity contribution in [3.63, 3.8) is 0 Å². The Bertz CT molecular complexity index is 266. The first-order valence-electron chi connectivity index (χ1n) is 4.28.